The molecule has 2 aromatic rings. The minimum Gasteiger partial charge on any atom is -0.366 e. The summed E-state index contributed by atoms with van der Waals surface area (Å²) in [5.41, 5.74) is 7.66. The summed E-state index contributed by atoms with van der Waals surface area (Å²) in [6, 6.07) is 13.5. The summed E-state index contributed by atoms with van der Waals surface area (Å²) in [5.74, 6) is -0.518. The molecule has 0 heterocycles. The van der Waals surface area contributed by atoms with Gasteiger partial charge in [-0.3, -0.25) is 4.79 Å². The van der Waals surface area contributed by atoms with E-state index < -0.39 is 5.91 Å². The molecule has 2 nitrogen and oxygen atoms in total. The second-order valence-corrected chi connectivity index (χ2v) is 5.25. The lowest BCUT2D eigenvalue weighted by molar-refractivity contribution is 0.100. The van der Waals surface area contributed by atoms with Crippen molar-refractivity contribution in [3.8, 4) is 0 Å². The SMILES string of the molecule is NC(=O)c1cc(Br)cc(Cc2ccccc2)c1Cl. The van der Waals surface area contributed by atoms with Crippen LogP contribution < -0.4 is 5.73 Å². The molecule has 0 aliphatic rings. The standard InChI is InChI=1S/C14H11BrClNO/c15-11-7-10(6-9-4-2-1-3-5-9)13(16)12(8-11)14(17)18/h1-5,7-8H,6H2,(H2,17,18). The van der Waals surface area contributed by atoms with Crippen LogP contribution in [-0.2, 0) is 6.42 Å². The Labute approximate surface area is 119 Å². The molecule has 2 N–H and O–H groups in total. The maximum atomic E-state index is 11.3. The van der Waals surface area contributed by atoms with E-state index in [9.17, 15) is 4.79 Å². The molecule has 0 aliphatic heterocycles. The molecule has 0 fully saturated rings. The Bertz CT molecular complexity index is 584. The number of amides is 1. The highest BCUT2D eigenvalue weighted by atomic mass is 79.9. The zero-order valence-electron chi connectivity index (χ0n) is 9.49. The van der Waals surface area contributed by atoms with E-state index in [0.717, 1.165) is 15.6 Å². The Morgan fingerprint density at radius 3 is 2.50 bits per heavy atom. The molecule has 2 aromatic carbocycles. The molecule has 0 spiro atoms. The van der Waals surface area contributed by atoms with E-state index in [0.29, 0.717) is 17.0 Å². The van der Waals surface area contributed by atoms with E-state index in [4.69, 9.17) is 17.3 Å². The van der Waals surface area contributed by atoms with Crippen molar-refractivity contribution in [2.45, 2.75) is 6.42 Å². The van der Waals surface area contributed by atoms with Gasteiger partial charge in [-0.15, -0.1) is 0 Å². The highest BCUT2D eigenvalue weighted by Gasteiger charge is 2.12. The van der Waals surface area contributed by atoms with Gasteiger partial charge in [-0.2, -0.15) is 0 Å². The topological polar surface area (TPSA) is 43.1 Å². The Hall–Kier alpha value is -1.32. The fourth-order valence-corrected chi connectivity index (χ4v) is 2.54. The second-order valence-electron chi connectivity index (χ2n) is 3.95. The molecule has 0 bridgehead atoms. The van der Waals surface area contributed by atoms with Gasteiger partial charge in [0.2, 0.25) is 5.91 Å². The minimum absolute atomic E-state index is 0.344. The zero-order chi connectivity index (χ0) is 13.1. The average molecular weight is 325 g/mol. The lowest BCUT2D eigenvalue weighted by atomic mass is 10.0. The van der Waals surface area contributed by atoms with Gasteiger partial charge in [0.25, 0.3) is 0 Å². The van der Waals surface area contributed by atoms with Crippen LogP contribution in [0.15, 0.2) is 46.9 Å². The normalized spacial score (nSPS) is 10.3. The van der Waals surface area contributed by atoms with Crippen molar-refractivity contribution in [2.75, 3.05) is 0 Å². The number of carbonyl (C=O) groups excluding carboxylic acids is 1. The second kappa shape index (κ2) is 5.55. The number of primary amides is 1. The highest BCUT2D eigenvalue weighted by molar-refractivity contribution is 9.10. The maximum absolute atomic E-state index is 11.3. The summed E-state index contributed by atoms with van der Waals surface area (Å²) in [6.07, 6.45) is 0.666. The van der Waals surface area contributed by atoms with Crippen LogP contribution in [0.3, 0.4) is 0 Å². The molecule has 92 valence electrons. The molecule has 4 heteroatoms. The van der Waals surface area contributed by atoms with Gasteiger partial charge in [-0.1, -0.05) is 57.9 Å². The molecule has 18 heavy (non-hydrogen) atoms. The molecule has 2 rings (SSSR count). The fourth-order valence-electron chi connectivity index (χ4n) is 1.77. The van der Waals surface area contributed by atoms with Gasteiger partial charge in [0.05, 0.1) is 10.6 Å². The average Bonchev–Trinajstić information content (AvgIpc) is 2.34. The lowest BCUT2D eigenvalue weighted by Gasteiger charge is -2.09. The van der Waals surface area contributed by atoms with Crippen molar-refractivity contribution < 1.29 is 4.79 Å². The van der Waals surface area contributed by atoms with Crippen molar-refractivity contribution in [1.82, 2.24) is 0 Å². The number of benzene rings is 2. The quantitative estimate of drug-likeness (QED) is 0.917. The van der Waals surface area contributed by atoms with Crippen molar-refractivity contribution in [3.05, 3.63) is 68.7 Å². The van der Waals surface area contributed by atoms with E-state index in [1.165, 1.54) is 0 Å². The van der Waals surface area contributed by atoms with Crippen LogP contribution in [0, 0.1) is 0 Å². The van der Waals surface area contributed by atoms with Gasteiger partial charge in [0.15, 0.2) is 0 Å². The van der Waals surface area contributed by atoms with Gasteiger partial charge in [0, 0.05) is 4.47 Å². The highest BCUT2D eigenvalue weighted by Crippen LogP contribution is 2.27. The molecule has 0 aromatic heterocycles. The number of nitrogens with two attached hydrogens (primary N) is 1. The maximum Gasteiger partial charge on any atom is 0.250 e. The van der Waals surface area contributed by atoms with E-state index >= 15 is 0 Å². The molecule has 0 saturated heterocycles. The molecule has 0 saturated carbocycles. The van der Waals surface area contributed by atoms with Crippen molar-refractivity contribution in [2.24, 2.45) is 5.73 Å². The van der Waals surface area contributed by atoms with Gasteiger partial charge >= 0.3 is 0 Å². The summed E-state index contributed by atoms with van der Waals surface area (Å²) in [7, 11) is 0. The summed E-state index contributed by atoms with van der Waals surface area (Å²) in [6.45, 7) is 0. The first-order valence-electron chi connectivity index (χ1n) is 5.39. The smallest absolute Gasteiger partial charge is 0.250 e. The van der Waals surface area contributed by atoms with Gasteiger partial charge < -0.3 is 5.73 Å². The molecular formula is C14H11BrClNO. The van der Waals surface area contributed by atoms with E-state index in [1.807, 2.05) is 36.4 Å². The molecule has 0 atom stereocenters. The Morgan fingerprint density at radius 2 is 1.89 bits per heavy atom. The molecule has 0 radical (unpaired) electrons. The Morgan fingerprint density at radius 1 is 1.22 bits per heavy atom. The molecule has 0 unspecified atom stereocenters. The van der Waals surface area contributed by atoms with Crippen LogP contribution in [-0.4, -0.2) is 5.91 Å². The summed E-state index contributed by atoms with van der Waals surface area (Å²) < 4.78 is 0.798. The number of hydrogen-bond acceptors (Lipinski definition) is 1. The predicted octanol–water partition coefficient (Wildman–Crippen LogP) is 3.79. The van der Waals surface area contributed by atoms with Crippen molar-refractivity contribution in [3.63, 3.8) is 0 Å². The minimum atomic E-state index is -0.518. The van der Waals surface area contributed by atoms with Gasteiger partial charge in [-0.05, 0) is 29.7 Å². The van der Waals surface area contributed by atoms with Gasteiger partial charge in [0.1, 0.15) is 0 Å². The fraction of sp³-hybridized carbons (Fsp3) is 0.0714. The first-order chi connectivity index (χ1) is 8.58. The molecular weight excluding hydrogens is 314 g/mol. The third kappa shape index (κ3) is 2.92. The van der Waals surface area contributed by atoms with Gasteiger partial charge in [-0.25, -0.2) is 0 Å². The predicted molar refractivity (Wildman–Crippen MR) is 76.9 cm³/mol. The summed E-state index contributed by atoms with van der Waals surface area (Å²) in [5, 5.41) is 0.426. The number of hydrogen-bond donors (Lipinski definition) is 1. The van der Waals surface area contributed by atoms with Crippen LogP contribution >= 0.6 is 27.5 Å². The first kappa shape index (κ1) is 13.1. The zero-order valence-corrected chi connectivity index (χ0v) is 11.8. The third-order valence-corrected chi connectivity index (χ3v) is 3.52. The van der Waals surface area contributed by atoms with E-state index in [-0.39, 0.29) is 0 Å². The monoisotopic (exact) mass is 323 g/mol. The van der Waals surface area contributed by atoms with Crippen LogP contribution in [0.1, 0.15) is 21.5 Å². The third-order valence-electron chi connectivity index (χ3n) is 2.62. The van der Waals surface area contributed by atoms with Crippen LogP contribution in [0.2, 0.25) is 5.02 Å². The number of carbonyl (C=O) groups is 1. The molecule has 0 aliphatic carbocycles. The Balaban J connectivity index is 2.42. The number of halogens is 2. The largest absolute Gasteiger partial charge is 0.366 e. The summed E-state index contributed by atoms with van der Waals surface area (Å²) in [4.78, 5) is 11.3. The summed E-state index contributed by atoms with van der Waals surface area (Å²) >= 11 is 9.57. The Kier molecular flexibility index (Phi) is 4.04. The van der Waals surface area contributed by atoms with Crippen molar-refractivity contribution in [1.29, 1.82) is 0 Å². The first-order valence-corrected chi connectivity index (χ1v) is 6.56. The van der Waals surface area contributed by atoms with Crippen molar-refractivity contribution >= 4 is 33.4 Å². The number of rotatable bonds is 3. The van der Waals surface area contributed by atoms with E-state index in [2.05, 4.69) is 15.9 Å². The lowest BCUT2D eigenvalue weighted by Crippen LogP contribution is -2.12. The van der Waals surface area contributed by atoms with E-state index in [1.54, 1.807) is 6.07 Å². The molecule has 1 amide bonds. The van der Waals surface area contributed by atoms with Crippen LogP contribution in [0.5, 0.6) is 0 Å². The van der Waals surface area contributed by atoms with Crippen LogP contribution in [0.25, 0.3) is 0 Å². The van der Waals surface area contributed by atoms with Crippen LogP contribution in [0.4, 0.5) is 0 Å².